The van der Waals surface area contributed by atoms with Crippen LogP contribution < -0.4 is 14.8 Å². The normalized spacial score (nSPS) is 19.7. The molecule has 0 fully saturated rings. The van der Waals surface area contributed by atoms with E-state index in [4.69, 9.17) is 25.8 Å². The molecular weight excluding hydrogens is 478 g/mol. The summed E-state index contributed by atoms with van der Waals surface area (Å²) < 4.78 is 16.5. The zero-order valence-electron chi connectivity index (χ0n) is 21.3. The van der Waals surface area contributed by atoms with E-state index in [0.29, 0.717) is 52.8 Å². The van der Waals surface area contributed by atoms with Crippen LogP contribution in [-0.2, 0) is 14.3 Å². The minimum absolute atomic E-state index is 0.00447. The number of hydrogen-bond acceptors (Lipinski definition) is 6. The Morgan fingerprint density at radius 1 is 1.06 bits per heavy atom. The lowest BCUT2D eigenvalue weighted by atomic mass is 9.71. The third-order valence-electron chi connectivity index (χ3n) is 6.66. The van der Waals surface area contributed by atoms with E-state index in [-0.39, 0.29) is 17.6 Å². The van der Waals surface area contributed by atoms with Crippen LogP contribution in [0.15, 0.2) is 65.0 Å². The molecule has 0 saturated heterocycles. The molecule has 2 aromatic rings. The van der Waals surface area contributed by atoms with Crippen LogP contribution in [0.25, 0.3) is 0 Å². The molecule has 0 amide bonds. The molecule has 1 aliphatic heterocycles. The second-order valence-electron chi connectivity index (χ2n) is 9.68. The number of esters is 1. The molecule has 1 heterocycles. The minimum Gasteiger partial charge on any atom is -0.493 e. The number of ether oxygens (including phenoxy) is 3. The first-order valence-corrected chi connectivity index (χ1v) is 12.5. The Kier molecular flexibility index (Phi) is 7.74. The molecule has 1 N–H and O–H groups in total. The van der Waals surface area contributed by atoms with E-state index in [9.17, 15) is 9.59 Å². The lowest BCUT2D eigenvalue weighted by Gasteiger charge is -2.37. The summed E-state index contributed by atoms with van der Waals surface area (Å²) in [6.45, 7) is 6.14. The van der Waals surface area contributed by atoms with E-state index in [1.165, 1.54) is 0 Å². The van der Waals surface area contributed by atoms with Crippen LogP contribution in [0.5, 0.6) is 11.5 Å². The summed E-state index contributed by atoms with van der Waals surface area (Å²) in [6, 6.07) is 13.1. The number of carbonyl (C=O) groups excluding carboxylic acids is 2. The van der Waals surface area contributed by atoms with Gasteiger partial charge in [-0.2, -0.15) is 0 Å². The summed E-state index contributed by atoms with van der Waals surface area (Å²) in [7, 11) is 3.19. The Morgan fingerprint density at radius 3 is 2.47 bits per heavy atom. The van der Waals surface area contributed by atoms with Crippen LogP contribution >= 0.6 is 11.6 Å². The Morgan fingerprint density at radius 2 is 1.81 bits per heavy atom. The Bertz CT molecular complexity index is 1250. The molecule has 2 aliphatic rings. The van der Waals surface area contributed by atoms with E-state index < -0.39 is 11.9 Å². The fraction of sp³-hybridized carbons (Fsp3) is 0.379. The van der Waals surface area contributed by atoms with Crippen molar-refractivity contribution in [2.24, 2.45) is 5.92 Å². The summed E-state index contributed by atoms with van der Waals surface area (Å²) in [5.41, 5.74) is 4.37. The van der Waals surface area contributed by atoms with Gasteiger partial charge in [-0.25, -0.2) is 4.79 Å². The summed E-state index contributed by atoms with van der Waals surface area (Å²) in [6.07, 6.45) is 0.944. The molecule has 0 bridgehead atoms. The van der Waals surface area contributed by atoms with E-state index in [0.717, 1.165) is 16.8 Å². The molecule has 2 aromatic carbocycles. The lowest BCUT2D eigenvalue weighted by molar-refractivity contribution is -0.140. The molecule has 2 atom stereocenters. The van der Waals surface area contributed by atoms with Crippen molar-refractivity contribution in [3.05, 3.63) is 81.2 Å². The fourth-order valence-corrected chi connectivity index (χ4v) is 5.19. The van der Waals surface area contributed by atoms with Crippen LogP contribution in [0.2, 0.25) is 5.02 Å². The number of hydrogen-bond donors (Lipinski definition) is 1. The highest BCUT2D eigenvalue weighted by atomic mass is 35.5. The zero-order chi connectivity index (χ0) is 26.0. The number of benzene rings is 2. The number of methoxy groups -OCH3 is 2. The Hall–Kier alpha value is -3.25. The molecule has 0 aromatic heterocycles. The summed E-state index contributed by atoms with van der Waals surface area (Å²) in [5, 5.41) is 3.93. The highest BCUT2D eigenvalue weighted by Crippen LogP contribution is 2.46. The first kappa shape index (κ1) is 25.8. The van der Waals surface area contributed by atoms with Gasteiger partial charge in [0.2, 0.25) is 0 Å². The SMILES string of the molecule is COc1ccc([C@@H]2CC(=O)C3=C(C2)NC(C)=C(C(=O)OCC(C)C)[C@@H]3c2cccc(Cl)c2)cc1OC. The molecular formula is C29H32ClNO5. The molecule has 0 saturated carbocycles. The van der Waals surface area contributed by atoms with Gasteiger partial charge in [0.1, 0.15) is 0 Å². The standard InChI is InChI=1S/C29H32ClNO5/c1-16(2)15-36-29(33)26-17(3)31-22-12-20(18-9-10-24(34-4)25(14-18)35-5)13-23(32)28(22)27(26)19-7-6-8-21(30)11-19/h6-11,14,16,20,27,31H,12-13,15H2,1-5H3/t20-,27-/m0/s1. The number of rotatable bonds is 7. The molecule has 0 unspecified atom stereocenters. The molecule has 4 rings (SSSR count). The van der Waals surface area contributed by atoms with Gasteiger partial charge in [-0.05, 0) is 60.6 Å². The largest absolute Gasteiger partial charge is 0.493 e. The first-order chi connectivity index (χ1) is 17.2. The van der Waals surface area contributed by atoms with Crippen LogP contribution in [-0.4, -0.2) is 32.6 Å². The quantitative estimate of drug-likeness (QED) is 0.467. The van der Waals surface area contributed by atoms with Crippen LogP contribution in [0.3, 0.4) is 0 Å². The van der Waals surface area contributed by atoms with Crippen molar-refractivity contribution in [2.45, 2.75) is 45.4 Å². The molecule has 0 spiro atoms. The van der Waals surface area contributed by atoms with Gasteiger partial charge in [0, 0.05) is 34.3 Å². The topological polar surface area (TPSA) is 73.9 Å². The average Bonchev–Trinajstić information content (AvgIpc) is 2.85. The number of nitrogens with one attached hydrogen (secondary N) is 1. The van der Waals surface area contributed by atoms with Gasteiger partial charge in [0.15, 0.2) is 17.3 Å². The lowest BCUT2D eigenvalue weighted by Crippen LogP contribution is -2.36. The summed E-state index contributed by atoms with van der Waals surface area (Å²) in [4.78, 5) is 27.0. The van der Waals surface area contributed by atoms with Gasteiger partial charge < -0.3 is 19.5 Å². The third kappa shape index (κ3) is 5.14. The monoisotopic (exact) mass is 509 g/mol. The number of carbonyl (C=O) groups is 2. The second kappa shape index (κ2) is 10.8. The first-order valence-electron chi connectivity index (χ1n) is 12.1. The van der Waals surface area contributed by atoms with Gasteiger partial charge in [0.05, 0.1) is 26.4 Å². The Balaban J connectivity index is 1.75. The molecule has 1 aliphatic carbocycles. The number of Topliss-reactive ketones (excluding diaryl/α,β-unsaturated/α-hetero) is 1. The van der Waals surface area contributed by atoms with E-state index in [1.807, 2.05) is 57.2 Å². The van der Waals surface area contributed by atoms with Gasteiger partial charge >= 0.3 is 5.97 Å². The van der Waals surface area contributed by atoms with E-state index in [1.54, 1.807) is 20.3 Å². The highest BCUT2D eigenvalue weighted by molar-refractivity contribution is 6.30. The second-order valence-corrected chi connectivity index (χ2v) is 10.1. The van der Waals surface area contributed by atoms with E-state index in [2.05, 4.69) is 5.32 Å². The number of dihydropyridines is 1. The predicted octanol–water partition coefficient (Wildman–Crippen LogP) is 5.92. The van der Waals surface area contributed by atoms with Crippen molar-refractivity contribution >= 4 is 23.4 Å². The fourth-order valence-electron chi connectivity index (χ4n) is 4.99. The van der Waals surface area contributed by atoms with Gasteiger partial charge in [-0.15, -0.1) is 0 Å². The maximum Gasteiger partial charge on any atom is 0.336 e. The van der Waals surface area contributed by atoms with Gasteiger partial charge in [0.25, 0.3) is 0 Å². The van der Waals surface area contributed by atoms with Crippen molar-refractivity contribution in [3.63, 3.8) is 0 Å². The van der Waals surface area contributed by atoms with Crippen LogP contribution in [0, 0.1) is 5.92 Å². The van der Waals surface area contributed by atoms with Gasteiger partial charge in [-0.3, -0.25) is 4.79 Å². The summed E-state index contributed by atoms with van der Waals surface area (Å²) in [5.74, 6) is 0.467. The average molecular weight is 510 g/mol. The molecule has 36 heavy (non-hydrogen) atoms. The molecule has 6 nitrogen and oxygen atoms in total. The third-order valence-corrected chi connectivity index (χ3v) is 6.89. The maximum absolute atomic E-state index is 13.7. The highest BCUT2D eigenvalue weighted by Gasteiger charge is 2.41. The van der Waals surface area contributed by atoms with Crippen LogP contribution in [0.4, 0.5) is 0 Å². The minimum atomic E-state index is -0.543. The van der Waals surface area contributed by atoms with E-state index >= 15 is 0 Å². The van der Waals surface area contributed by atoms with Crippen molar-refractivity contribution in [3.8, 4) is 11.5 Å². The Labute approximate surface area is 217 Å². The zero-order valence-corrected chi connectivity index (χ0v) is 22.1. The van der Waals surface area contributed by atoms with Crippen molar-refractivity contribution < 1.29 is 23.8 Å². The maximum atomic E-state index is 13.7. The number of ketones is 1. The smallest absolute Gasteiger partial charge is 0.336 e. The van der Waals surface area contributed by atoms with Gasteiger partial charge in [-0.1, -0.05) is 43.6 Å². The molecule has 190 valence electrons. The molecule has 7 heteroatoms. The van der Waals surface area contributed by atoms with Crippen molar-refractivity contribution in [1.29, 1.82) is 0 Å². The van der Waals surface area contributed by atoms with Crippen molar-refractivity contribution in [2.75, 3.05) is 20.8 Å². The van der Waals surface area contributed by atoms with Crippen LogP contribution in [0.1, 0.15) is 56.6 Å². The number of allylic oxidation sites excluding steroid dienone is 3. The number of halogens is 1. The molecule has 0 radical (unpaired) electrons. The van der Waals surface area contributed by atoms with Crippen molar-refractivity contribution in [1.82, 2.24) is 5.32 Å². The predicted molar refractivity (Wildman–Crippen MR) is 139 cm³/mol. The summed E-state index contributed by atoms with van der Waals surface area (Å²) >= 11 is 6.33.